The maximum Gasteiger partial charge on any atom is 0.263 e. The van der Waals surface area contributed by atoms with Gasteiger partial charge in [-0.05, 0) is 32.6 Å². The van der Waals surface area contributed by atoms with E-state index in [9.17, 15) is 4.79 Å². The highest BCUT2D eigenvalue weighted by atomic mass is 16.5. The second-order valence-electron chi connectivity index (χ2n) is 6.76. The van der Waals surface area contributed by atoms with Crippen molar-refractivity contribution in [3.05, 3.63) is 12.0 Å². The third kappa shape index (κ3) is 3.60. The van der Waals surface area contributed by atoms with Gasteiger partial charge in [-0.1, -0.05) is 19.0 Å². The molecule has 1 fully saturated rings. The Bertz CT molecular complexity index is 723. The van der Waals surface area contributed by atoms with Crippen LogP contribution in [-0.4, -0.2) is 52.1 Å². The van der Waals surface area contributed by atoms with Crippen molar-refractivity contribution < 1.29 is 9.32 Å². The van der Waals surface area contributed by atoms with E-state index in [1.165, 1.54) is 6.33 Å². The average molecular weight is 345 g/mol. The molecule has 2 aromatic heterocycles. The molecule has 0 unspecified atom stereocenters. The van der Waals surface area contributed by atoms with Crippen LogP contribution in [0.1, 0.15) is 45.2 Å². The Morgan fingerprint density at radius 1 is 1.32 bits per heavy atom. The van der Waals surface area contributed by atoms with Crippen molar-refractivity contribution in [1.82, 2.24) is 20.0 Å². The number of nitrogens with zero attached hydrogens (tertiary/aromatic N) is 5. The van der Waals surface area contributed by atoms with Gasteiger partial charge in [-0.3, -0.25) is 4.79 Å². The van der Waals surface area contributed by atoms with Crippen LogP contribution in [-0.2, 0) is 4.79 Å². The van der Waals surface area contributed by atoms with Crippen molar-refractivity contribution in [2.75, 3.05) is 31.1 Å². The molecular formula is C18H27N5O2. The quantitative estimate of drug-likeness (QED) is 0.801. The fraction of sp³-hybridized carbons (Fsp3) is 0.667. The molecule has 3 rings (SSSR count). The van der Waals surface area contributed by atoms with Gasteiger partial charge < -0.3 is 14.3 Å². The molecule has 0 N–H and O–H groups in total. The Kier molecular flexibility index (Phi) is 5.50. The van der Waals surface area contributed by atoms with Crippen molar-refractivity contribution in [3.63, 3.8) is 0 Å². The van der Waals surface area contributed by atoms with Crippen LogP contribution in [0.5, 0.6) is 0 Å². The summed E-state index contributed by atoms with van der Waals surface area (Å²) in [6, 6.07) is 0. The number of carbonyl (C=O) groups excluding carboxylic acids is 1. The molecule has 2 aromatic rings. The standard InChI is InChI=1S/C18H27N5O2/c1-4-8-22(9-5-2)18(24)14-7-6-10-23(11-14)16-15-13(3)21-25-17(15)20-12-19-16/h12,14H,4-11H2,1-3H3/t14-/m0/s1. The summed E-state index contributed by atoms with van der Waals surface area (Å²) in [4.78, 5) is 25.8. The number of rotatable bonds is 6. The van der Waals surface area contributed by atoms with Crippen molar-refractivity contribution in [1.29, 1.82) is 0 Å². The fourth-order valence-corrected chi connectivity index (χ4v) is 3.64. The molecule has 0 aliphatic carbocycles. The maximum absolute atomic E-state index is 13.0. The van der Waals surface area contributed by atoms with Crippen molar-refractivity contribution in [2.45, 2.75) is 46.5 Å². The third-order valence-corrected chi connectivity index (χ3v) is 4.79. The summed E-state index contributed by atoms with van der Waals surface area (Å²) in [5, 5.41) is 4.86. The van der Waals surface area contributed by atoms with Crippen LogP contribution < -0.4 is 4.90 Å². The summed E-state index contributed by atoms with van der Waals surface area (Å²) in [7, 11) is 0. The van der Waals surface area contributed by atoms with Crippen molar-refractivity contribution >= 4 is 22.8 Å². The summed E-state index contributed by atoms with van der Waals surface area (Å²) < 4.78 is 5.25. The van der Waals surface area contributed by atoms with Crippen molar-refractivity contribution in [2.24, 2.45) is 5.92 Å². The molecule has 136 valence electrons. The van der Waals surface area contributed by atoms with E-state index in [-0.39, 0.29) is 11.8 Å². The summed E-state index contributed by atoms with van der Waals surface area (Å²) in [5.74, 6) is 1.14. The third-order valence-electron chi connectivity index (χ3n) is 4.79. The molecular weight excluding hydrogens is 318 g/mol. The summed E-state index contributed by atoms with van der Waals surface area (Å²) in [5.41, 5.74) is 1.30. The first-order valence-corrected chi connectivity index (χ1v) is 9.26. The van der Waals surface area contributed by atoms with Crippen LogP contribution in [0.4, 0.5) is 5.82 Å². The second kappa shape index (κ2) is 7.80. The smallest absolute Gasteiger partial charge is 0.263 e. The molecule has 7 heteroatoms. The first-order valence-electron chi connectivity index (χ1n) is 9.26. The molecule has 1 aliphatic rings. The lowest BCUT2D eigenvalue weighted by Crippen LogP contribution is -2.45. The van der Waals surface area contributed by atoms with E-state index in [1.807, 2.05) is 11.8 Å². The minimum absolute atomic E-state index is 0.0250. The number of piperidine rings is 1. The Balaban J connectivity index is 1.80. The predicted octanol–water partition coefficient (Wildman–Crippen LogP) is 2.79. The van der Waals surface area contributed by atoms with Crippen LogP contribution in [0.2, 0.25) is 0 Å². The zero-order valence-corrected chi connectivity index (χ0v) is 15.4. The number of hydrogen-bond donors (Lipinski definition) is 0. The van der Waals surface area contributed by atoms with Gasteiger partial charge in [-0.25, -0.2) is 4.98 Å². The molecule has 3 heterocycles. The molecule has 1 aliphatic heterocycles. The Labute approximate surface area is 148 Å². The molecule has 1 amide bonds. The van der Waals surface area contributed by atoms with E-state index >= 15 is 0 Å². The molecule has 25 heavy (non-hydrogen) atoms. The van der Waals surface area contributed by atoms with Crippen LogP contribution in [0.25, 0.3) is 11.1 Å². The van der Waals surface area contributed by atoms with Gasteiger partial charge in [0.05, 0.1) is 11.6 Å². The van der Waals surface area contributed by atoms with Crippen molar-refractivity contribution in [3.8, 4) is 0 Å². The maximum atomic E-state index is 13.0. The summed E-state index contributed by atoms with van der Waals surface area (Å²) >= 11 is 0. The minimum atomic E-state index is 0.0250. The normalized spacial score (nSPS) is 17.9. The highest BCUT2D eigenvalue weighted by Crippen LogP contribution is 2.30. The Morgan fingerprint density at radius 2 is 2.08 bits per heavy atom. The zero-order chi connectivity index (χ0) is 17.8. The van der Waals surface area contributed by atoms with E-state index in [1.54, 1.807) is 0 Å². The molecule has 0 aromatic carbocycles. The molecule has 0 saturated carbocycles. The molecule has 0 radical (unpaired) electrons. The lowest BCUT2D eigenvalue weighted by atomic mass is 9.96. The Hall–Kier alpha value is -2.18. The van der Waals surface area contributed by atoms with Gasteiger partial charge in [0, 0.05) is 26.2 Å². The summed E-state index contributed by atoms with van der Waals surface area (Å²) in [6.45, 7) is 9.40. The van der Waals surface area contributed by atoms with E-state index in [0.29, 0.717) is 12.3 Å². The Morgan fingerprint density at radius 3 is 2.80 bits per heavy atom. The van der Waals surface area contributed by atoms with Crippen LogP contribution >= 0.6 is 0 Å². The first kappa shape index (κ1) is 17.6. The van der Waals surface area contributed by atoms with E-state index in [4.69, 9.17) is 4.52 Å². The number of aromatic nitrogens is 3. The number of hydrogen-bond acceptors (Lipinski definition) is 6. The van der Waals surface area contributed by atoms with Gasteiger partial charge in [-0.2, -0.15) is 4.98 Å². The average Bonchev–Trinajstić information content (AvgIpc) is 3.02. The van der Waals surface area contributed by atoms with Gasteiger partial charge in [0.2, 0.25) is 5.91 Å². The molecule has 1 saturated heterocycles. The lowest BCUT2D eigenvalue weighted by Gasteiger charge is -2.35. The number of carbonyl (C=O) groups is 1. The first-order chi connectivity index (χ1) is 12.2. The highest BCUT2D eigenvalue weighted by Gasteiger charge is 2.30. The molecule has 1 atom stereocenters. The van der Waals surface area contributed by atoms with Crippen LogP contribution in [0.15, 0.2) is 10.9 Å². The molecule has 7 nitrogen and oxygen atoms in total. The predicted molar refractivity (Wildman–Crippen MR) is 96.4 cm³/mol. The topological polar surface area (TPSA) is 75.4 Å². The van der Waals surface area contributed by atoms with Crippen LogP contribution in [0.3, 0.4) is 0 Å². The van der Waals surface area contributed by atoms with E-state index < -0.39 is 0 Å². The number of aryl methyl sites for hydroxylation is 1. The largest absolute Gasteiger partial charge is 0.355 e. The summed E-state index contributed by atoms with van der Waals surface area (Å²) in [6.07, 6.45) is 5.42. The van der Waals surface area contributed by atoms with Gasteiger partial charge in [0.25, 0.3) is 5.71 Å². The minimum Gasteiger partial charge on any atom is -0.355 e. The fourth-order valence-electron chi connectivity index (χ4n) is 3.64. The molecule has 0 bridgehead atoms. The zero-order valence-electron chi connectivity index (χ0n) is 15.4. The van der Waals surface area contributed by atoms with Gasteiger partial charge in [-0.15, -0.1) is 0 Å². The SMILES string of the molecule is CCCN(CCC)C(=O)[C@H]1CCCN(c2ncnc3onc(C)c23)C1. The second-order valence-corrected chi connectivity index (χ2v) is 6.76. The number of anilines is 1. The monoisotopic (exact) mass is 345 g/mol. The number of fused-ring (bicyclic) bond motifs is 1. The number of amides is 1. The lowest BCUT2D eigenvalue weighted by molar-refractivity contribution is -0.135. The van der Waals surface area contributed by atoms with Gasteiger partial charge >= 0.3 is 0 Å². The van der Waals surface area contributed by atoms with Crippen LogP contribution in [0, 0.1) is 12.8 Å². The van der Waals surface area contributed by atoms with E-state index in [2.05, 4.69) is 33.9 Å². The highest BCUT2D eigenvalue weighted by molar-refractivity contribution is 5.88. The van der Waals surface area contributed by atoms with Gasteiger partial charge in [0.15, 0.2) is 0 Å². The van der Waals surface area contributed by atoms with Gasteiger partial charge in [0.1, 0.15) is 17.5 Å². The molecule has 0 spiro atoms. The van der Waals surface area contributed by atoms with E-state index in [0.717, 1.165) is 62.2 Å².